The molecule has 0 amide bonds. The molecule has 1 aromatic rings. The molecule has 0 aliphatic carbocycles. The number of Topliss-reactive ketones (excluding diaryl/α,β-unsaturated/α-hetero) is 1. The first-order valence-corrected chi connectivity index (χ1v) is 5.58. The third kappa shape index (κ3) is 2.89. The van der Waals surface area contributed by atoms with Gasteiger partial charge in [-0.3, -0.25) is 4.79 Å². The minimum atomic E-state index is -0.0889. The molecule has 0 aromatic heterocycles. The van der Waals surface area contributed by atoms with Crippen molar-refractivity contribution in [1.82, 2.24) is 0 Å². The Bertz CT molecular complexity index is 388. The Labute approximate surface area is 100 Å². The van der Waals surface area contributed by atoms with Crippen LogP contribution in [0.4, 0.5) is 0 Å². The van der Waals surface area contributed by atoms with Gasteiger partial charge in [-0.05, 0) is 26.8 Å². The van der Waals surface area contributed by atoms with Crippen LogP contribution < -0.4 is 9.47 Å². The fraction of sp³-hybridized carbons (Fsp3) is 0.417. The summed E-state index contributed by atoms with van der Waals surface area (Å²) in [5.41, 5.74) is 0.452. The Morgan fingerprint density at radius 2 is 1.69 bits per heavy atom. The molecule has 1 aromatic carbocycles. The van der Waals surface area contributed by atoms with Crippen molar-refractivity contribution in [2.45, 2.75) is 20.8 Å². The predicted octanol–water partition coefficient (Wildman–Crippen LogP) is 3.34. The molecule has 3 nitrogen and oxygen atoms in total. The largest absolute Gasteiger partial charge is 0.490 e. The summed E-state index contributed by atoms with van der Waals surface area (Å²) in [5, 5.41) is 0.388. The van der Waals surface area contributed by atoms with E-state index < -0.39 is 0 Å². The Hall–Kier alpha value is -1.22. The molecule has 16 heavy (non-hydrogen) atoms. The van der Waals surface area contributed by atoms with Gasteiger partial charge in [0.2, 0.25) is 0 Å². The van der Waals surface area contributed by atoms with Crippen molar-refractivity contribution in [2.75, 3.05) is 13.2 Å². The summed E-state index contributed by atoms with van der Waals surface area (Å²) in [7, 11) is 0. The average Bonchev–Trinajstić information content (AvgIpc) is 2.22. The quantitative estimate of drug-likeness (QED) is 0.743. The SMILES string of the molecule is CCOc1cc(Cl)c(C(C)=O)cc1OCC. The van der Waals surface area contributed by atoms with Gasteiger partial charge in [0.15, 0.2) is 17.3 Å². The predicted molar refractivity (Wildman–Crippen MR) is 63.8 cm³/mol. The van der Waals surface area contributed by atoms with E-state index in [1.165, 1.54) is 6.92 Å². The molecule has 0 N–H and O–H groups in total. The summed E-state index contributed by atoms with van der Waals surface area (Å²) >= 11 is 5.98. The lowest BCUT2D eigenvalue weighted by molar-refractivity contribution is 0.101. The molecule has 0 atom stereocenters. The van der Waals surface area contributed by atoms with Gasteiger partial charge in [0, 0.05) is 11.6 Å². The summed E-state index contributed by atoms with van der Waals surface area (Å²) in [6.45, 7) is 6.26. The Morgan fingerprint density at radius 3 is 2.12 bits per heavy atom. The fourth-order valence-electron chi connectivity index (χ4n) is 1.34. The van der Waals surface area contributed by atoms with E-state index in [4.69, 9.17) is 21.1 Å². The lowest BCUT2D eigenvalue weighted by Gasteiger charge is -2.12. The smallest absolute Gasteiger partial charge is 0.162 e. The lowest BCUT2D eigenvalue weighted by Crippen LogP contribution is -2.01. The number of ether oxygens (including phenoxy) is 2. The molecule has 4 heteroatoms. The molecule has 0 fully saturated rings. The van der Waals surface area contributed by atoms with E-state index in [0.717, 1.165) is 0 Å². The molecule has 0 radical (unpaired) electrons. The number of hydrogen-bond donors (Lipinski definition) is 0. The van der Waals surface area contributed by atoms with Gasteiger partial charge in [-0.2, -0.15) is 0 Å². The highest BCUT2D eigenvalue weighted by atomic mass is 35.5. The second-order valence-corrected chi connectivity index (χ2v) is 3.61. The van der Waals surface area contributed by atoms with Crippen molar-refractivity contribution < 1.29 is 14.3 Å². The average molecular weight is 243 g/mol. The molecule has 0 spiro atoms. The highest BCUT2D eigenvalue weighted by Crippen LogP contribution is 2.33. The summed E-state index contributed by atoms with van der Waals surface area (Å²) in [6.07, 6.45) is 0. The standard InChI is InChI=1S/C12H15ClO3/c1-4-15-11-6-9(8(3)14)10(13)7-12(11)16-5-2/h6-7H,4-5H2,1-3H3. The van der Waals surface area contributed by atoms with Crippen molar-refractivity contribution >= 4 is 17.4 Å². The van der Waals surface area contributed by atoms with E-state index in [1.54, 1.807) is 12.1 Å². The fourth-order valence-corrected chi connectivity index (χ4v) is 1.63. The summed E-state index contributed by atoms with van der Waals surface area (Å²) in [6, 6.07) is 3.24. The van der Waals surface area contributed by atoms with E-state index in [1.807, 2.05) is 13.8 Å². The third-order valence-corrected chi connectivity index (χ3v) is 2.33. The summed E-state index contributed by atoms with van der Waals surface area (Å²) in [4.78, 5) is 11.3. The zero-order valence-corrected chi connectivity index (χ0v) is 10.4. The molecule has 0 aliphatic rings. The molecule has 1 rings (SSSR count). The summed E-state index contributed by atoms with van der Waals surface area (Å²) < 4.78 is 10.8. The number of benzene rings is 1. The first-order valence-electron chi connectivity index (χ1n) is 5.20. The zero-order chi connectivity index (χ0) is 12.1. The monoisotopic (exact) mass is 242 g/mol. The Balaban J connectivity index is 3.19. The van der Waals surface area contributed by atoms with Crippen LogP contribution in [0.1, 0.15) is 31.1 Å². The van der Waals surface area contributed by atoms with Crippen LogP contribution in [-0.2, 0) is 0 Å². The number of carbonyl (C=O) groups is 1. The van der Waals surface area contributed by atoms with Crippen molar-refractivity contribution in [3.8, 4) is 11.5 Å². The maximum absolute atomic E-state index is 11.3. The zero-order valence-electron chi connectivity index (χ0n) is 9.67. The maximum atomic E-state index is 11.3. The molecular formula is C12H15ClO3. The molecule has 0 aliphatic heterocycles. The first-order chi connectivity index (χ1) is 7.60. The van der Waals surface area contributed by atoms with Crippen LogP contribution in [-0.4, -0.2) is 19.0 Å². The highest BCUT2D eigenvalue weighted by molar-refractivity contribution is 6.34. The van der Waals surface area contributed by atoms with Gasteiger partial charge in [0.1, 0.15) is 0 Å². The Morgan fingerprint density at radius 1 is 1.19 bits per heavy atom. The van der Waals surface area contributed by atoms with Crippen LogP contribution in [0.15, 0.2) is 12.1 Å². The lowest BCUT2D eigenvalue weighted by atomic mass is 10.1. The number of ketones is 1. The molecule has 0 saturated heterocycles. The van der Waals surface area contributed by atoms with E-state index >= 15 is 0 Å². The van der Waals surface area contributed by atoms with Crippen LogP contribution in [0.3, 0.4) is 0 Å². The second-order valence-electron chi connectivity index (χ2n) is 3.20. The minimum Gasteiger partial charge on any atom is -0.490 e. The molecule has 88 valence electrons. The Kier molecular flexibility index (Phi) is 4.62. The number of carbonyl (C=O) groups excluding carboxylic acids is 1. The minimum absolute atomic E-state index is 0.0889. The van der Waals surface area contributed by atoms with Crippen LogP contribution in [0, 0.1) is 0 Å². The van der Waals surface area contributed by atoms with Crippen LogP contribution in [0.2, 0.25) is 5.02 Å². The van der Waals surface area contributed by atoms with Crippen LogP contribution >= 0.6 is 11.6 Å². The summed E-state index contributed by atoms with van der Waals surface area (Å²) in [5.74, 6) is 1.03. The number of rotatable bonds is 5. The normalized spacial score (nSPS) is 10.0. The molecular weight excluding hydrogens is 228 g/mol. The van der Waals surface area contributed by atoms with Gasteiger partial charge < -0.3 is 9.47 Å². The second kappa shape index (κ2) is 5.75. The van der Waals surface area contributed by atoms with Gasteiger partial charge in [0.05, 0.1) is 18.2 Å². The molecule has 0 heterocycles. The molecule has 0 bridgehead atoms. The molecule has 0 saturated carbocycles. The van der Waals surface area contributed by atoms with Crippen molar-refractivity contribution in [2.24, 2.45) is 0 Å². The number of halogens is 1. The molecule has 0 unspecified atom stereocenters. The van der Waals surface area contributed by atoms with Crippen LogP contribution in [0.25, 0.3) is 0 Å². The van der Waals surface area contributed by atoms with Crippen molar-refractivity contribution in [3.63, 3.8) is 0 Å². The topological polar surface area (TPSA) is 35.5 Å². The maximum Gasteiger partial charge on any atom is 0.162 e. The van der Waals surface area contributed by atoms with Gasteiger partial charge in [-0.25, -0.2) is 0 Å². The number of hydrogen-bond acceptors (Lipinski definition) is 3. The van der Waals surface area contributed by atoms with E-state index in [-0.39, 0.29) is 5.78 Å². The third-order valence-electron chi connectivity index (χ3n) is 2.01. The van der Waals surface area contributed by atoms with Gasteiger partial charge in [-0.15, -0.1) is 0 Å². The first kappa shape index (κ1) is 12.8. The van der Waals surface area contributed by atoms with Crippen molar-refractivity contribution in [1.29, 1.82) is 0 Å². The van der Waals surface area contributed by atoms with E-state index in [0.29, 0.717) is 35.3 Å². The highest BCUT2D eigenvalue weighted by Gasteiger charge is 2.13. The van der Waals surface area contributed by atoms with Gasteiger partial charge >= 0.3 is 0 Å². The van der Waals surface area contributed by atoms with Gasteiger partial charge in [-0.1, -0.05) is 11.6 Å². The van der Waals surface area contributed by atoms with E-state index in [2.05, 4.69) is 0 Å². The van der Waals surface area contributed by atoms with E-state index in [9.17, 15) is 4.79 Å². The van der Waals surface area contributed by atoms with Gasteiger partial charge in [0.25, 0.3) is 0 Å². The van der Waals surface area contributed by atoms with Crippen molar-refractivity contribution in [3.05, 3.63) is 22.7 Å². The van der Waals surface area contributed by atoms with Crippen LogP contribution in [0.5, 0.6) is 11.5 Å².